The third-order valence-corrected chi connectivity index (χ3v) is 2.62. The Morgan fingerprint density at radius 1 is 1.50 bits per heavy atom. The number of hydrogen-bond acceptors (Lipinski definition) is 3. The normalized spacial score (nSPS) is 10.6. The van der Waals surface area contributed by atoms with Gasteiger partial charge < -0.3 is 5.32 Å². The van der Waals surface area contributed by atoms with E-state index in [1.165, 1.54) is 10.9 Å². The molecule has 4 nitrogen and oxygen atoms in total. The van der Waals surface area contributed by atoms with E-state index in [0.717, 1.165) is 5.69 Å². The van der Waals surface area contributed by atoms with Crippen LogP contribution in [0.25, 0.3) is 10.9 Å². The zero-order valence-corrected chi connectivity index (χ0v) is 9.66. The number of anilines is 1. The van der Waals surface area contributed by atoms with E-state index in [1.54, 1.807) is 7.05 Å². The zero-order chi connectivity index (χ0) is 11.5. The first-order valence-corrected chi connectivity index (χ1v) is 5.53. The van der Waals surface area contributed by atoms with E-state index in [1.807, 2.05) is 18.2 Å². The molecule has 1 aromatic carbocycles. The van der Waals surface area contributed by atoms with Crippen LogP contribution in [0.3, 0.4) is 0 Å². The minimum absolute atomic E-state index is 0.0596. The Labute approximate surface area is 97.9 Å². The van der Waals surface area contributed by atoms with Crippen molar-refractivity contribution in [3.63, 3.8) is 0 Å². The van der Waals surface area contributed by atoms with E-state index in [2.05, 4.69) is 10.3 Å². The quantitative estimate of drug-likeness (QED) is 0.827. The van der Waals surface area contributed by atoms with Crippen LogP contribution in [0.15, 0.2) is 29.3 Å². The zero-order valence-electron chi connectivity index (χ0n) is 8.90. The molecule has 0 spiro atoms. The van der Waals surface area contributed by atoms with Gasteiger partial charge in [-0.25, -0.2) is 4.98 Å². The molecule has 1 heterocycles. The van der Waals surface area contributed by atoms with Gasteiger partial charge in [-0.3, -0.25) is 9.36 Å². The van der Waals surface area contributed by atoms with E-state index in [4.69, 9.17) is 11.6 Å². The van der Waals surface area contributed by atoms with Crippen LogP contribution in [0.2, 0.25) is 0 Å². The van der Waals surface area contributed by atoms with Crippen LogP contribution in [0, 0.1) is 0 Å². The molecule has 5 heteroatoms. The molecule has 0 aliphatic carbocycles. The molecule has 84 valence electrons. The van der Waals surface area contributed by atoms with Crippen molar-refractivity contribution < 1.29 is 0 Å². The van der Waals surface area contributed by atoms with Gasteiger partial charge in [0.1, 0.15) is 0 Å². The lowest BCUT2D eigenvalue weighted by Crippen LogP contribution is -2.22. The van der Waals surface area contributed by atoms with Crippen molar-refractivity contribution in [2.75, 3.05) is 18.2 Å². The number of aromatic nitrogens is 2. The summed E-state index contributed by atoms with van der Waals surface area (Å²) in [6, 6.07) is 5.55. The summed E-state index contributed by atoms with van der Waals surface area (Å²) >= 11 is 5.63. The largest absolute Gasteiger partial charge is 0.387 e. The van der Waals surface area contributed by atoms with Crippen molar-refractivity contribution >= 4 is 28.2 Å². The van der Waals surface area contributed by atoms with Crippen LogP contribution in [-0.2, 0) is 6.54 Å². The minimum atomic E-state index is -0.0596. The molecule has 16 heavy (non-hydrogen) atoms. The molecule has 0 fully saturated rings. The van der Waals surface area contributed by atoms with Crippen molar-refractivity contribution in [1.29, 1.82) is 0 Å². The molecule has 0 radical (unpaired) electrons. The van der Waals surface area contributed by atoms with Crippen molar-refractivity contribution in [2.24, 2.45) is 0 Å². The molecule has 1 aromatic heterocycles. The van der Waals surface area contributed by atoms with Crippen LogP contribution < -0.4 is 10.9 Å². The maximum atomic E-state index is 12.1. The molecule has 0 amide bonds. The first kappa shape index (κ1) is 11.0. The van der Waals surface area contributed by atoms with Gasteiger partial charge in [0.25, 0.3) is 5.56 Å². The Morgan fingerprint density at radius 2 is 2.31 bits per heavy atom. The van der Waals surface area contributed by atoms with E-state index < -0.39 is 0 Å². The van der Waals surface area contributed by atoms with Gasteiger partial charge in [0.2, 0.25) is 0 Å². The standard InChI is InChI=1S/C11H12ClN3O/c1-13-8-3-2-4-9-10(8)11(16)15(6-5-12)7-14-9/h2-4,7,13H,5-6H2,1H3. The Hall–Kier alpha value is -1.55. The molecule has 0 bridgehead atoms. The highest BCUT2D eigenvalue weighted by atomic mass is 35.5. The number of nitrogens with one attached hydrogen (secondary N) is 1. The monoisotopic (exact) mass is 237 g/mol. The average molecular weight is 238 g/mol. The lowest BCUT2D eigenvalue weighted by molar-refractivity contribution is 0.722. The molecule has 0 aliphatic rings. The third kappa shape index (κ3) is 1.76. The lowest BCUT2D eigenvalue weighted by Gasteiger charge is -2.07. The summed E-state index contributed by atoms with van der Waals surface area (Å²) in [5, 5.41) is 3.60. The van der Waals surface area contributed by atoms with Gasteiger partial charge in [-0.05, 0) is 12.1 Å². The topological polar surface area (TPSA) is 46.9 Å². The van der Waals surface area contributed by atoms with Crippen LogP contribution in [0.4, 0.5) is 5.69 Å². The highest BCUT2D eigenvalue weighted by Crippen LogP contribution is 2.16. The molecule has 0 saturated heterocycles. The number of rotatable bonds is 3. The predicted molar refractivity (Wildman–Crippen MR) is 66.3 cm³/mol. The van der Waals surface area contributed by atoms with Gasteiger partial charge in [0, 0.05) is 25.2 Å². The smallest absolute Gasteiger partial charge is 0.263 e. The fourth-order valence-electron chi connectivity index (χ4n) is 1.66. The van der Waals surface area contributed by atoms with Crippen LogP contribution in [0.5, 0.6) is 0 Å². The van der Waals surface area contributed by atoms with Gasteiger partial charge >= 0.3 is 0 Å². The highest BCUT2D eigenvalue weighted by molar-refractivity contribution is 6.17. The summed E-state index contributed by atoms with van der Waals surface area (Å²) in [6.07, 6.45) is 1.53. The molecule has 2 aromatic rings. The van der Waals surface area contributed by atoms with E-state index in [0.29, 0.717) is 23.3 Å². The van der Waals surface area contributed by atoms with Gasteiger partial charge in [-0.1, -0.05) is 6.07 Å². The summed E-state index contributed by atoms with van der Waals surface area (Å²) in [5.41, 5.74) is 1.43. The van der Waals surface area contributed by atoms with Gasteiger partial charge in [0.15, 0.2) is 0 Å². The fraction of sp³-hybridized carbons (Fsp3) is 0.273. The number of alkyl halides is 1. The minimum Gasteiger partial charge on any atom is -0.387 e. The number of hydrogen-bond donors (Lipinski definition) is 1. The van der Waals surface area contributed by atoms with Crippen molar-refractivity contribution in [3.05, 3.63) is 34.9 Å². The van der Waals surface area contributed by atoms with E-state index in [-0.39, 0.29) is 5.56 Å². The molecular formula is C11H12ClN3O. The summed E-state index contributed by atoms with van der Waals surface area (Å²) in [4.78, 5) is 16.4. The molecule has 1 N–H and O–H groups in total. The van der Waals surface area contributed by atoms with Crippen LogP contribution in [0.1, 0.15) is 0 Å². The molecule has 0 aliphatic heterocycles. The van der Waals surface area contributed by atoms with Gasteiger partial charge in [-0.15, -0.1) is 11.6 Å². The van der Waals surface area contributed by atoms with Crippen molar-refractivity contribution in [1.82, 2.24) is 9.55 Å². The Bertz CT molecular complexity index is 565. The Kier molecular flexibility index (Phi) is 3.10. The SMILES string of the molecule is CNc1cccc2ncn(CCCl)c(=O)c12. The Morgan fingerprint density at radius 3 is 3.00 bits per heavy atom. The van der Waals surface area contributed by atoms with E-state index in [9.17, 15) is 4.79 Å². The molecule has 0 saturated carbocycles. The highest BCUT2D eigenvalue weighted by Gasteiger charge is 2.07. The summed E-state index contributed by atoms with van der Waals surface area (Å²) < 4.78 is 1.52. The number of aryl methyl sites for hydroxylation is 1. The first-order valence-electron chi connectivity index (χ1n) is 5.00. The van der Waals surface area contributed by atoms with Gasteiger partial charge in [-0.2, -0.15) is 0 Å². The maximum absolute atomic E-state index is 12.1. The molecule has 2 rings (SSSR count). The van der Waals surface area contributed by atoms with Crippen molar-refractivity contribution in [3.8, 4) is 0 Å². The second-order valence-corrected chi connectivity index (χ2v) is 3.76. The second-order valence-electron chi connectivity index (χ2n) is 3.38. The molecule has 0 unspecified atom stereocenters. The van der Waals surface area contributed by atoms with Crippen LogP contribution in [-0.4, -0.2) is 22.5 Å². The molecular weight excluding hydrogens is 226 g/mol. The predicted octanol–water partition coefficient (Wildman–Crippen LogP) is 1.68. The fourth-order valence-corrected chi connectivity index (χ4v) is 1.84. The lowest BCUT2D eigenvalue weighted by atomic mass is 10.2. The number of benzene rings is 1. The average Bonchev–Trinajstić information content (AvgIpc) is 2.32. The van der Waals surface area contributed by atoms with Crippen molar-refractivity contribution in [2.45, 2.75) is 6.54 Å². The Balaban J connectivity index is 2.76. The molecule has 0 atom stereocenters. The van der Waals surface area contributed by atoms with E-state index >= 15 is 0 Å². The number of halogens is 1. The third-order valence-electron chi connectivity index (χ3n) is 2.45. The first-order chi connectivity index (χ1) is 7.77. The number of nitrogens with zero attached hydrogens (tertiary/aromatic N) is 2. The van der Waals surface area contributed by atoms with Gasteiger partial charge in [0.05, 0.1) is 17.2 Å². The summed E-state index contributed by atoms with van der Waals surface area (Å²) in [5.74, 6) is 0.398. The maximum Gasteiger partial charge on any atom is 0.263 e. The summed E-state index contributed by atoms with van der Waals surface area (Å²) in [6.45, 7) is 0.474. The number of fused-ring (bicyclic) bond motifs is 1. The summed E-state index contributed by atoms with van der Waals surface area (Å²) in [7, 11) is 1.78. The second kappa shape index (κ2) is 4.53. The van der Waals surface area contributed by atoms with Crippen LogP contribution >= 0.6 is 11.6 Å².